The van der Waals surface area contributed by atoms with Gasteiger partial charge in [0.2, 0.25) is 5.91 Å². The molecule has 7 nitrogen and oxygen atoms in total. The number of aromatic nitrogens is 4. The molecule has 0 atom stereocenters. The normalized spacial score (nSPS) is 15.2. The molecule has 1 amide bonds. The smallest absolute Gasteiger partial charge is 0.230 e. The lowest BCUT2D eigenvalue weighted by molar-refractivity contribution is -0.131. The van der Waals surface area contributed by atoms with Crippen molar-refractivity contribution in [3.63, 3.8) is 0 Å². The van der Waals surface area contributed by atoms with E-state index >= 15 is 0 Å². The quantitative estimate of drug-likeness (QED) is 0.601. The number of benzene rings is 1. The second-order valence-electron chi connectivity index (χ2n) is 7.69. The Hall–Kier alpha value is -2.59. The Morgan fingerprint density at radius 1 is 1.26 bits per heavy atom. The number of hydrogen-bond donors (Lipinski definition) is 1. The molecule has 1 N–H and O–H groups in total. The fraction of sp³-hybridized carbons (Fsp3) is 0.476. The molecule has 0 unspecified atom stereocenters. The summed E-state index contributed by atoms with van der Waals surface area (Å²) in [6.07, 6.45) is 3.19. The number of nitrogens with one attached hydrogen (secondary N) is 1. The fourth-order valence-electron chi connectivity index (χ4n) is 3.70. The Morgan fingerprint density at radius 3 is 2.71 bits per heavy atom. The van der Waals surface area contributed by atoms with E-state index in [-0.39, 0.29) is 18.4 Å². The molecule has 4 rings (SSSR count). The van der Waals surface area contributed by atoms with Crippen molar-refractivity contribution in [2.75, 3.05) is 26.4 Å². The van der Waals surface area contributed by atoms with Crippen molar-refractivity contribution in [2.24, 2.45) is 0 Å². The van der Waals surface area contributed by atoms with Crippen molar-refractivity contribution in [3.05, 3.63) is 35.2 Å². The molecule has 164 valence electrons. The highest BCUT2D eigenvalue weighted by atomic mass is 32.1. The first kappa shape index (κ1) is 21.6. The SMILES string of the molecule is Cc1nnc(-c2ccc3cnc(CC(=O)N4CCC(NC(CF)CF)CC4)nc3c2)s1. The molecule has 0 radical (unpaired) electrons. The van der Waals surface area contributed by atoms with E-state index in [9.17, 15) is 13.6 Å². The van der Waals surface area contributed by atoms with Gasteiger partial charge < -0.3 is 10.2 Å². The number of halogens is 2. The van der Waals surface area contributed by atoms with E-state index < -0.39 is 19.4 Å². The number of amides is 1. The number of rotatable bonds is 7. The van der Waals surface area contributed by atoms with Gasteiger partial charge in [-0.05, 0) is 25.8 Å². The van der Waals surface area contributed by atoms with E-state index in [4.69, 9.17) is 0 Å². The zero-order valence-electron chi connectivity index (χ0n) is 17.2. The molecule has 2 aromatic heterocycles. The van der Waals surface area contributed by atoms with Gasteiger partial charge in [-0.25, -0.2) is 18.7 Å². The number of piperidine rings is 1. The highest BCUT2D eigenvalue weighted by Crippen LogP contribution is 2.26. The van der Waals surface area contributed by atoms with E-state index in [0.717, 1.165) is 26.5 Å². The zero-order chi connectivity index (χ0) is 21.8. The van der Waals surface area contributed by atoms with Crippen LogP contribution < -0.4 is 5.32 Å². The number of alkyl halides is 2. The van der Waals surface area contributed by atoms with E-state index in [1.54, 1.807) is 11.1 Å². The number of carbonyl (C=O) groups excluding carboxylic acids is 1. The average molecular weight is 447 g/mol. The highest BCUT2D eigenvalue weighted by Gasteiger charge is 2.25. The van der Waals surface area contributed by atoms with Crippen LogP contribution in [0.4, 0.5) is 8.78 Å². The van der Waals surface area contributed by atoms with Crippen LogP contribution in [0.5, 0.6) is 0 Å². The molecule has 1 aliphatic rings. The van der Waals surface area contributed by atoms with Crippen LogP contribution in [-0.4, -0.2) is 69.5 Å². The molecule has 31 heavy (non-hydrogen) atoms. The van der Waals surface area contributed by atoms with Gasteiger partial charge in [0.05, 0.1) is 18.0 Å². The number of nitrogens with zero attached hydrogens (tertiary/aromatic N) is 5. The minimum absolute atomic E-state index is 0.0277. The summed E-state index contributed by atoms with van der Waals surface area (Å²) in [5, 5.41) is 13.8. The first-order valence-corrected chi connectivity index (χ1v) is 11.1. The molecule has 1 saturated heterocycles. The van der Waals surface area contributed by atoms with Crippen molar-refractivity contribution in [1.82, 2.24) is 30.4 Å². The number of fused-ring (bicyclic) bond motifs is 1. The van der Waals surface area contributed by atoms with Crippen LogP contribution in [-0.2, 0) is 11.2 Å². The minimum Gasteiger partial charge on any atom is -0.342 e. The first-order valence-electron chi connectivity index (χ1n) is 10.3. The van der Waals surface area contributed by atoms with E-state index in [1.165, 1.54) is 11.3 Å². The lowest BCUT2D eigenvalue weighted by atomic mass is 10.0. The molecule has 0 saturated carbocycles. The Bertz CT molecular complexity index is 1050. The van der Waals surface area contributed by atoms with Crippen LogP contribution in [0.25, 0.3) is 21.5 Å². The Kier molecular flexibility index (Phi) is 6.77. The van der Waals surface area contributed by atoms with Crippen LogP contribution in [0.1, 0.15) is 23.7 Å². The largest absolute Gasteiger partial charge is 0.342 e. The summed E-state index contributed by atoms with van der Waals surface area (Å²) in [4.78, 5) is 23.4. The molecule has 3 heterocycles. The molecule has 1 aromatic carbocycles. The van der Waals surface area contributed by atoms with Crippen molar-refractivity contribution >= 4 is 28.1 Å². The van der Waals surface area contributed by atoms with Gasteiger partial charge in [0.1, 0.15) is 29.2 Å². The third-order valence-electron chi connectivity index (χ3n) is 5.41. The first-order chi connectivity index (χ1) is 15.1. The molecule has 0 bridgehead atoms. The predicted octanol–water partition coefficient (Wildman–Crippen LogP) is 2.89. The summed E-state index contributed by atoms with van der Waals surface area (Å²) in [6, 6.07) is 5.11. The summed E-state index contributed by atoms with van der Waals surface area (Å²) in [6.45, 7) is 1.56. The van der Waals surface area contributed by atoms with Gasteiger partial charge in [0.25, 0.3) is 0 Å². The molecule has 10 heteroatoms. The summed E-state index contributed by atoms with van der Waals surface area (Å²) in [5.41, 5.74) is 1.69. The van der Waals surface area contributed by atoms with Crippen LogP contribution in [0.15, 0.2) is 24.4 Å². The Morgan fingerprint density at radius 2 is 2.03 bits per heavy atom. The van der Waals surface area contributed by atoms with Crippen molar-refractivity contribution < 1.29 is 13.6 Å². The molecular formula is C21H24F2N6OS. The monoisotopic (exact) mass is 446 g/mol. The second-order valence-corrected chi connectivity index (χ2v) is 8.87. The zero-order valence-corrected chi connectivity index (χ0v) is 18.0. The minimum atomic E-state index is -0.757. The maximum atomic E-state index is 12.7. The summed E-state index contributed by atoms with van der Waals surface area (Å²) in [5.74, 6) is 0.430. The van der Waals surface area contributed by atoms with Gasteiger partial charge in [0.15, 0.2) is 0 Å². The van der Waals surface area contributed by atoms with Gasteiger partial charge in [-0.15, -0.1) is 10.2 Å². The average Bonchev–Trinajstić information content (AvgIpc) is 3.23. The van der Waals surface area contributed by atoms with Gasteiger partial charge in [-0.2, -0.15) is 0 Å². The summed E-state index contributed by atoms with van der Waals surface area (Å²) in [7, 11) is 0. The van der Waals surface area contributed by atoms with E-state index in [2.05, 4.69) is 25.5 Å². The second kappa shape index (κ2) is 9.69. The van der Waals surface area contributed by atoms with Gasteiger partial charge in [-0.1, -0.05) is 23.5 Å². The number of likely N-dealkylation sites (tertiary alicyclic amines) is 1. The van der Waals surface area contributed by atoms with Crippen molar-refractivity contribution in [1.29, 1.82) is 0 Å². The van der Waals surface area contributed by atoms with Gasteiger partial charge in [-0.3, -0.25) is 4.79 Å². The van der Waals surface area contributed by atoms with E-state index in [0.29, 0.717) is 31.8 Å². The Balaban J connectivity index is 1.39. The summed E-state index contributed by atoms with van der Waals surface area (Å²) >= 11 is 1.52. The standard InChI is InChI=1S/C21H24F2N6OS/c1-13-27-28-21(31-13)14-2-3-15-12-24-19(26-18(15)8-14)9-20(30)29-6-4-16(5-7-29)25-17(10-22)11-23/h2-3,8,12,16-17,25H,4-7,9-11H2,1H3. The number of carbonyl (C=O) groups is 1. The predicted molar refractivity (Wildman–Crippen MR) is 115 cm³/mol. The number of aryl methyl sites for hydroxylation is 1. The van der Waals surface area contributed by atoms with Gasteiger partial charge >= 0.3 is 0 Å². The topological polar surface area (TPSA) is 83.9 Å². The molecule has 3 aromatic rings. The molecular weight excluding hydrogens is 422 g/mol. The third kappa shape index (κ3) is 5.19. The Labute approximate surface area is 182 Å². The summed E-state index contributed by atoms with van der Waals surface area (Å²) < 4.78 is 25.4. The van der Waals surface area contributed by atoms with Crippen LogP contribution in [0.2, 0.25) is 0 Å². The number of hydrogen-bond acceptors (Lipinski definition) is 7. The van der Waals surface area contributed by atoms with Crippen molar-refractivity contribution in [2.45, 2.75) is 38.3 Å². The third-order valence-corrected chi connectivity index (χ3v) is 6.29. The van der Waals surface area contributed by atoms with Crippen LogP contribution >= 0.6 is 11.3 Å². The van der Waals surface area contributed by atoms with Gasteiger partial charge in [0, 0.05) is 36.3 Å². The highest BCUT2D eigenvalue weighted by molar-refractivity contribution is 7.14. The maximum absolute atomic E-state index is 12.7. The molecule has 0 aliphatic carbocycles. The van der Waals surface area contributed by atoms with E-state index in [1.807, 2.05) is 25.1 Å². The fourth-order valence-corrected chi connectivity index (χ4v) is 4.39. The molecule has 1 fully saturated rings. The molecule has 0 spiro atoms. The lowest BCUT2D eigenvalue weighted by Gasteiger charge is -2.33. The van der Waals surface area contributed by atoms with Crippen molar-refractivity contribution in [3.8, 4) is 10.6 Å². The van der Waals surface area contributed by atoms with Crippen LogP contribution in [0.3, 0.4) is 0 Å². The molecule has 1 aliphatic heterocycles. The van der Waals surface area contributed by atoms with Crippen LogP contribution in [0, 0.1) is 6.92 Å². The maximum Gasteiger partial charge on any atom is 0.230 e. The lowest BCUT2D eigenvalue weighted by Crippen LogP contribution is -2.49.